The summed E-state index contributed by atoms with van der Waals surface area (Å²) in [5.74, 6) is -1.83. The Bertz CT molecular complexity index is 1120. The minimum Gasteiger partial charge on any atom is -0.494 e. The van der Waals surface area contributed by atoms with Gasteiger partial charge in [-0.25, -0.2) is 18.2 Å². The highest BCUT2D eigenvalue weighted by Gasteiger charge is 2.20. The molecule has 2 N–H and O–H groups in total. The van der Waals surface area contributed by atoms with Crippen LogP contribution in [0.15, 0.2) is 47.7 Å². The van der Waals surface area contributed by atoms with Crippen molar-refractivity contribution in [2.75, 3.05) is 7.11 Å². The summed E-state index contributed by atoms with van der Waals surface area (Å²) in [5, 5.41) is 0. The minimum absolute atomic E-state index is 0.0398. The van der Waals surface area contributed by atoms with E-state index in [1.165, 1.54) is 25.4 Å². The smallest absolute Gasteiger partial charge is 0.292 e. The number of ether oxygens (including phenoxy) is 1. The van der Waals surface area contributed by atoms with Gasteiger partial charge in [0.2, 0.25) is 0 Å². The molecule has 144 valence electrons. The zero-order chi connectivity index (χ0) is 20.4. The van der Waals surface area contributed by atoms with Crippen LogP contribution in [0.25, 0.3) is 16.9 Å². The number of alkyl halides is 2. The predicted octanol–water partition coefficient (Wildman–Crippen LogP) is 2.48. The Morgan fingerprint density at radius 2 is 1.96 bits per heavy atom. The molecule has 7 nitrogen and oxygen atoms in total. The van der Waals surface area contributed by atoms with E-state index in [1.54, 1.807) is 0 Å². The molecule has 28 heavy (non-hydrogen) atoms. The molecule has 3 rings (SSSR count). The van der Waals surface area contributed by atoms with E-state index in [4.69, 9.17) is 10.5 Å². The maximum Gasteiger partial charge on any atom is 0.292 e. The highest BCUT2D eigenvalue weighted by molar-refractivity contribution is 6.00. The molecule has 1 amide bonds. The third-order valence-electron chi connectivity index (χ3n) is 3.92. The third-order valence-corrected chi connectivity index (χ3v) is 3.92. The van der Waals surface area contributed by atoms with Crippen molar-refractivity contribution in [1.82, 2.24) is 14.5 Å². The molecule has 3 aromatic rings. The Morgan fingerprint density at radius 1 is 1.21 bits per heavy atom. The number of nitrogens with zero attached hydrogens (tertiary/aromatic N) is 3. The van der Waals surface area contributed by atoms with Crippen molar-refractivity contribution in [3.05, 3.63) is 70.3 Å². The van der Waals surface area contributed by atoms with E-state index in [2.05, 4.69) is 9.97 Å². The lowest BCUT2D eigenvalue weighted by atomic mass is 10.00. The van der Waals surface area contributed by atoms with Crippen LogP contribution in [0, 0.1) is 5.82 Å². The van der Waals surface area contributed by atoms with Crippen molar-refractivity contribution < 1.29 is 22.7 Å². The fourth-order valence-corrected chi connectivity index (χ4v) is 2.59. The van der Waals surface area contributed by atoms with Gasteiger partial charge in [-0.15, -0.1) is 0 Å². The van der Waals surface area contributed by atoms with Gasteiger partial charge in [0, 0.05) is 23.5 Å². The molecule has 0 spiro atoms. The summed E-state index contributed by atoms with van der Waals surface area (Å²) < 4.78 is 45.9. The van der Waals surface area contributed by atoms with E-state index in [-0.39, 0.29) is 28.3 Å². The minimum atomic E-state index is -2.87. The summed E-state index contributed by atoms with van der Waals surface area (Å²) >= 11 is 0. The van der Waals surface area contributed by atoms with Crippen molar-refractivity contribution in [3.63, 3.8) is 0 Å². The number of primary amides is 1. The van der Waals surface area contributed by atoms with E-state index in [0.717, 1.165) is 29.1 Å². The Hall–Kier alpha value is -3.69. The first-order valence-corrected chi connectivity index (χ1v) is 7.83. The number of aromatic nitrogens is 3. The Balaban J connectivity index is 2.31. The van der Waals surface area contributed by atoms with Crippen LogP contribution in [-0.4, -0.2) is 27.6 Å². The van der Waals surface area contributed by atoms with Crippen LogP contribution in [0.1, 0.15) is 22.5 Å². The normalized spacial score (nSPS) is 10.9. The summed E-state index contributed by atoms with van der Waals surface area (Å²) in [5.41, 5.74) is 3.93. The Morgan fingerprint density at radius 3 is 2.61 bits per heavy atom. The summed E-state index contributed by atoms with van der Waals surface area (Å²) in [6.07, 6.45) is 0.562. The lowest BCUT2D eigenvalue weighted by molar-refractivity contribution is 0.100. The van der Waals surface area contributed by atoms with Crippen LogP contribution in [0.4, 0.5) is 13.2 Å². The zero-order valence-electron chi connectivity index (χ0n) is 14.4. The molecular weight excluding hydrogens is 377 g/mol. The molecule has 10 heteroatoms. The molecule has 0 unspecified atom stereocenters. The molecule has 0 aliphatic carbocycles. The Kier molecular flexibility index (Phi) is 5.12. The van der Waals surface area contributed by atoms with Crippen molar-refractivity contribution in [1.29, 1.82) is 0 Å². The number of nitrogens with two attached hydrogens (primary N) is 1. The molecule has 0 aromatic carbocycles. The summed E-state index contributed by atoms with van der Waals surface area (Å²) in [6, 6.07) is 4.58. The van der Waals surface area contributed by atoms with Gasteiger partial charge in [-0.3, -0.25) is 19.1 Å². The maximum absolute atomic E-state index is 13.6. The lowest BCUT2D eigenvalue weighted by Crippen LogP contribution is -2.22. The van der Waals surface area contributed by atoms with E-state index in [1.807, 2.05) is 0 Å². The number of pyridine rings is 3. The topological polar surface area (TPSA) is 100 Å². The number of hydrogen-bond acceptors (Lipinski definition) is 5. The number of methoxy groups -OCH3 is 1. The van der Waals surface area contributed by atoms with Gasteiger partial charge in [0.15, 0.2) is 5.82 Å². The van der Waals surface area contributed by atoms with Crippen LogP contribution in [0.2, 0.25) is 0 Å². The first-order chi connectivity index (χ1) is 13.3. The van der Waals surface area contributed by atoms with Crippen LogP contribution < -0.4 is 16.0 Å². The molecule has 3 aromatic heterocycles. The average Bonchev–Trinajstić information content (AvgIpc) is 2.69. The largest absolute Gasteiger partial charge is 0.494 e. The molecule has 3 heterocycles. The predicted molar refractivity (Wildman–Crippen MR) is 93.0 cm³/mol. The number of halogens is 3. The maximum atomic E-state index is 13.6. The zero-order valence-corrected chi connectivity index (χ0v) is 14.4. The molecule has 0 radical (unpaired) electrons. The second kappa shape index (κ2) is 7.51. The molecule has 0 aliphatic rings. The average molecular weight is 390 g/mol. The first kappa shape index (κ1) is 19.1. The van der Waals surface area contributed by atoms with Gasteiger partial charge in [0.1, 0.15) is 17.3 Å². The third kappa shape index (κ3) is 3.43. The second-order valence-electron chi connectivity index (χ2n) is 5.59. The van der Waals surface area contributed by atoms with Gasteiger partial charge in [0.25, 0.3) is 17.9 Å². The summed E-state index contributed by atoms with van der Waals surface area (Å²) in [4.78, 5) is 31.4. The molecule has 0 bridgehead atoms. The number of carbonyl (C=O) groups excluding carboxylic acids is 1. The fraction of sp³-hybridized carbons (Fsp3) is 0.111. The lowest BCUT2D eigenvalue weighted by Gasteiger charge is -2.14. The van der Waals surface area contributed by atoms with E-state index in [9.17, 15) is 22.8 Å². The van der Waals surface area contributed by atoms with Crippen LogP contribution >= 0.6 is 0 Å². The molecule has 0 aliphatic heterocycles. The van der Waals surface area contributed by atoms with Crippen LogP contribution in [0.5, 0.6) is 5.75 Å². The summed E-state index contributed by atoms with van der Waals surface area (Å²) in [6.45, 7) is 0. The van der Waals surface area contributed by atoms with Gasteiger partial charge in [-0.05, 0) is 24.3 Å². The van der Waals surface area contributed by atoms with Crippen molar-refractivity contribution in [3.8, 4) is 22.7 Å². The van der Waals surface area contributed by atoms with Gasteiger partial charge < -0.3 is 10.5 Å². The van der Waals surface area contributed by atoms with Crippen LogP contribution in [-0.2, 0) is 0 Å². The number of hydrogen-bond donors (Lipinski definition) is 1. The molecule has 0 saturated heterocycles. The van der Waals surface area contributed by atoms with Crippen molar-refractivity contribution >= 4 is 5.91 Å². The molecule has 0 saturated carbocycles. The van der Waals surface area contributed by atoms with Crippen molar-refractivity contribution in [2.45, 2.75) is 6.43 Å². The highest BCUT2D eigenvalue weighted by atomic mass is 19.3. The van der Waals surface area contributed by atoms with Crippen molar-refractivity contribution in [2.24, 2.45) is 5.73 Å². The SMILES string of the molecule is COc1cnc(C(F)F)cc1-c1cc(-n2cccc(F)c2=O)ncc1C(N)=O. The fourth-order valence-electron chi connectivity index (χ4n) is 2.59. The Labute approximate surface area is 156 Å². The highest BCUT2D eigenvalue weighted by Crippen LogP contribution is 2.34. The van der Waals surface area contributed by atoms with Gasteiger partial charge in [0.05, 0.1) is 18.9 Å². The molecular formula is C18H13F3N4O3. The molecule has 0 fully saturated rings. The number of amides is 1. The van der Waals surface area contributed by atoms with E-state index in [0.29, 0.717) is 0 Å². The summed E-state index contributed by atoms with van der Waals surface area (Å²) in [7, 11) is 1.30. The van der Waals surface area contributed by atoms with Gasteiger partial charge >= 0.3 is 0 Å². The number of carbonyl (C=O) groups is 1. The van der Waals surface area contributed by atoms with E-state index >= 15 is 0 Å². The van der Waals surface area contributed by atoms with Gasteiger partial charge in [-0.1, -0.05) is 0 Å². The second-order valence-corrected chi connectivity index (χ2v) is 5.59. The standard InChI is InChI=1S/C18H13F3N4O3/c1-28-14-8-23-13(16(20)21)5-10(14)9-6-15(24-7-11(9)17(22)26)25-4-2-3-12(19)18(25)27/h2-8,16H,1H3,(H2,22,26). The molecule has 0 atom stereocenters. The van der Waals surface area contributed by atoms with Crippen LogP contribution in [0.3, 0.4) is 0 Å². The monoisotopic (exact) mass is 390 g/mol. The number of rotatable bonds is 5. The van der Waals surface area contributed by atoms with Gasteiger partial charge in [-0.2, -0.15) is 0 Å². The first-order valence-electron chi connectivity index (χ1n) is 7.83. The quantitative estimate of drug-likeness (QED) is 0.721. The van der Waals surface area contributed by atoms with E-state index < -0.39 is 29.4 Å².